The minimum absolute atomic E-state index is 0.138. The van der Waals surface area contributed by atoms with E-state index in [0.717, 1.165) is 28.2 Å². The van der Waals surface area contributed by atoms with Crippen molar-refractivity contribution in [2.45, 2.75) is 17.8 Å². The molecule has 2 aromatic heterocycles. The number of para-hydroxylation sites is 1. The number of hydrogen-bond acceptors (Lipinski definition) is 4. The van der Waals surface area contributed by atoms with Gasteiger partial charge in [0.05, 0.1) is 12.0 Å². The number of alkyl halides is 3. The predicted octanol–water partition coefficient (Wildman–Crippen LogP) is 4.26. The molecule has 0 spiro atoms. The highest BCUT2D eigenvalue weighted by atomic mass is 32.2. The van der Waals surface area contributed by atoms with Gasteiger partial charge in [-0.15, -0.1) is 10.2 Å². The van der Waals surface area contributed by atoms with Crippen molar-refractivity contribution in [3.63, 3.8) is 0 Å². The van der Waals surface area contributed by atoms with Crippen LogP contribution in [0.5, 0.6) is 0 Å². The van der Waals surface area contributed by atoms with E-state index in [9.17, 15) is 13.2 Å². The van der Waals surface area contributed by atoms with E-state index in [1.807, 2.05) is 24.3 Å². The zero-order chi connectivity index (χ0) is 14.9. The molecular weight excluding hydrogens is 303 g/mol. The van der Waals surface area contributed by atoms with Gasteiger partial charge in [0.15, 0.2) is 0 Å². The van der Waals surface area contributed by atoms with Gasteiger partial charge in [-0.1, -0.05) is 30.0 Å². The van der Waals surface area contributed by atoms with Crippen LogP contribution in [-0.4, -0.2) is 27.1 Å². The summed E-state index contributed by atoms with van der Waals surface area (Å²) in [7, 11) is 0. The standard InChI is InChI=1S/C13H10F3N3OS/c14-13(15,16)5-6-21-12-19-18-11(20-12)9-7-17-10-4-2-1-3-8(9)10/h1-4,7,17H,5-6H2. The van der Waals surface area contributed by atoms with Crippen molar-refractivity contribution in [1.29, 1.82) is 0 Å². The Bertz CT molecular complexity index is 750. The predicted molar refractivity (Wildman–Crippen MR) is 73.0 cm³/mol. The van der Waals surface area contributed by atoms with Gasteiger partial charge in [-0.05, 0) is 6.07 Å². The monoisotopic (exact) mass is 313 g/mol. The third kappa shape index (κ3) is 3.21. The maximum absolute atomic E-state index is 12.1. The summed E-state index contributed by atoms with van der Waals surface area (Å²) in [5, 5.41) is 8.71. The molecule has 4 nitrogen and oxygen atoms in total. The zero-order valence-corrected chi connectivity index (χ0v) is 11.5. The lowest BCUT2D eigenvalue weighted by molar-refractivity contribution is -0.129. The number of fused-ring (bicyclic) bond motifs is 1. The molecule has 0 atom stereocenters. The molecule has 0 radical (unpaired) electrons. The molecule has 110 valence electrons. The quantitative estimate of drug-likeness (QED) is 0.731. The summed E-state index contributed by atoms with van der Waals surface area (Å²) in [4.78, 5) is 3.08. The normalized spacial score (nSPS) is 12.1. The van der Waals surface area contributed by atoms with Gasteiger partial charge in [-0.3, -0.25) is 0 Å². The number of hydrogen-bond donors (Lipinski definition) is 1. The second kappa shape index (κ2) is 5.44. The number of H-pyrrole nitrogens is 1. The molecule has 3 rings (SSSR count). The minimum atomic E-state index is -4.17. The van der Waals surface area contributed by atoms with Gasteiger partial charge >= 0.3 is 6.18 Å². The summed E-state index contributed by atoms with van der Waals surface area (Å²) in [5.74, 6) is 0.154. The van der Waals surface area contributed by atoms with Crippen LogP contribution in [0.2, 0.25) is 0 Å². The summed E-state index contributed by atoms with van der Waals surface area (Å²) >= 11 is 0.900. The number of halogens is 3. The highest BCUT2D eigenvalue weighted by molar-refractivity contribution is 7.99. The number of aromatic nitrogens is 3. The first-order chi connectivity index (χ1) is 10.0. The van der Waals surface area contributed by atoms with Crippen molar-refractivity contribution in [3.8, 4) is 11.5 Å². The minimum Gasteiger partial charge on any atom is -0.411 e. The first-order valence-electron chi connectivity index (χ1n) is 6.12. The van der Waals surface area contributed by atoms with Gasteiger partial charge in [0.2, 0.25) is 0 Å². The van der Waals surface area contributed by atoms with Crippen molar-refractivity contribution < 1.29 is 17.6 Å². The van der Waals surface area contributed by atoms with Gasteiger partial charge in [-0.25, -0.2) is 0 Å². The van der Waals surface area contributed by atoms with Crippen LogP contribution in [-0.2, 0) is 0 Å². The van der Waals surface area contributed by atoms with Gasteiger partial charge in [0, 0.05) is 22.9 Å². The van der Waals surface area contributed by atoms with Crippen LogP contribution >= 0.6 is 11.8 Å². The second-order valence-electron chi connectivity index (χ2n) is 4.33. The summed E-state index contributed by atoms with van der Waals surface area (Å²) in [5.41, 5.74) is 1.66. The molecule has 0 bridgehead atoms. The van der Waals surface area contributed by atoms with Crippen LogP contribution in [0, 0.1) is 0 Å². The molecule has 21 heavy (non-hydrogen) atoms. The molecule has 0 aliphatic carbocycles. The smallest absolute Gasteiger partial charge is 0.389 e. The highest BCUT2D eigenvalue weighted by Gasteiger charge is 2.27. The third-order valence-electron chi connectivity index (χ3n) is 2.84. The van der Waals surface area contributed by atoms with E-state index in [1.165, 1.54) is 0 Å². The Morgan fingerprint density at radius 1 is 1.19 bits per heavy atom. The Kier molecular flexibility index (Phi) is 3.62. The second-order valence-corrected chi connectivity index (χ2v) is 5.38. The van der Waals surface area contributed by atoms with E-state index in [-0.39, 0.29) is 11.0 Å². The third-order valence-corrected chi connectivity index (χ3v) is 3.66. The fourth-order valence-electron chi connectivity index (χ4n) is 1.88. The molecule has 0 fully saturated rings. The molecule has 0 amide bonds. The Labute approximate surface area is 121 Å². The summed E-state index contributed by atoms with van der Waals surface area (Å²) in [6.07, 6.45) is -3.32. The van der Waals surface area contributed by atoms with E-state index in [4.69, 9.17) is 4.42 Å². The van der Waals surface area contributed by atoms with Crippen LogP contribution in [0.15, 0.2) is 40.1 Å². The average Bonchev–Trinajstić information content (AvgIpc) is 3.03. The molecule has 3 aromatic rings. The van der Waals surface area contributed by atoms with Crippen molar-refractivity contribution >= 4 is 22.7 Å². The van der Waals surface area contributed by atoms with Gasteiger partial charge in [0.1, 0.15) is 0 Å². The largest absolute Gasteiger partial charge is 0.411 e. The molecule has 0 saturated carbocycles. The van der Waals surface area contributed by atoms with Gasteiger partial charge < -0.3 is 9.40 Å². The molecule has 0 aliphatic heterocycles. The lowest BCUT2D eigenvalue weighted by atomic mass is 10.2. The number of nitrogens with zero attached hydrogens (tertiary/aromatic N) is 2. The average molecular weight is 313 g/mol. The van der Waals surface area contributed by atoms with Crippen LogP contribution in [0.3, 0.4) is 0 Å². The Balaban J connectivity index is 1.76. The first-order valence-corrected chi connectivity index (χ1v) is 7.11. The van der Waals surface area contributed by atoms with E-state index < -0.39 is 12.6 Å². The van der Waals surface area contributed by atoms with Crippen molar-refractivity contribution in [1.82, 2.24) is 15.2 Å². The lowest BCUT2D eigenvalue weighted by Gasteiger charge is -2.02. The highest BCUT2D eigenvalue weighted by Crippen LogP contribution is 2.30. The van der Waals surface area contributed by atoms with Crippen molar-refractivity contribution in [2.75, 3.05) is 5.75 Å². The topological polar surface area (TPSA) is 54.7 Å². The number of nitrogens with one attached hydrogen (secondary N) is 1. The van der Waals surface area contributed by atoms with E-state index >= 15 is 0 Å². The number of thioether (sulfide) groups is 1. The number of rotatable bonds is 4. The molecule has 0 unspecified atom stereocenters. The van der Waals surface area contributed by atoms with Crippen molar-refractivity contribution in [2.24, 2.45) is 0 Å². The van der Waals surface area contributed by atoms with E-state index in [1.54, 1.807) is 6.20 Å². The Morgan fingerprint density at radius 3 is 2.81 bits per heavy atom. The fraction of sp³-hybridized carbons (Fsp3) is 0.231. The number of benzene rings is 1. The first kappa shape index (κ1) is 14.0. The Morgan fingerprint density at radius 2 is 2.00 bits per heavy atom. The Hall–Kier alpha value is -1.96. The SMILES string of the molecule is FC(F)(F)CCSc1nnc(-c2c[nH]c3ccccc23)o1. The van der Waals surface area contributed by atoms with Crippen LogP contribution in [0.25, 0.3) is 22.4 Å². The molecule has 0 saturated heterocycles. The van der Waals surface area contributed by atoms with Gasteiger partial charge in [-0.2, -0.15) is 13.2 Å². The molecule has 2 heterocycles. The van der Waals surface area contributed by atoms with Crippen LogP contribution < -0.4 is 0 Å². The van der Waals surface area contributed by atoms with Crippen LogP contribution in [0.1, 0.15) is 6.42 Å². The fourth-order valence-corrected chi connectivity index (χ4v) is 2.62. The summed E-state index contributed by atoms with van der Waals surface area (Å²) in [6.45, 7) is 0. The van der Waals surface area contributed by atoms with E-state index in [2.05, 4.69) is 15.2 Å². The molecule has 0 aliphatic rings. The maximum atomic E-state index is 12.1. The molecule has 1 N–H and O–H groups in total. The van der Waals surface area contributed by atoms with Gasteiger partial charge in [0.25, 0.3) is 11.1 Å². The summed E-state index contributed by atoms with van der Waals surface area (Å²) in [6, 6.07) is 7.60. The number of aromatic amines is 1. The van der Waals surface area contributed by atoms with E-state index in [0.29, 0.717) is 5.89 Å². The van der Waals surface area contributed by atoms with Crippen molar-refractivity contribution in [3.05, 3.63) is 30.5 Å². The molecule has 8 heteroatoms. The zero-order valence-electron chi connectivity index (χ0n) is 10.6. The summed E-state index contributed by atoms with van der Waals surface area (Å²) < 4.78 is 41.6. The molecular formula is C13H10F3N3OS. The molecule has 1 aromatic carbocycles. The lowest BCUT2D eigenvalue weighted by Crippen LogP contribution is -2.07. The maximum Gasteiger partial charge on any atom is 0.389 e. The van der Waals surface area contributed by atoms with Crippen LogP contribution in [0.4, 0.5) is 13.2 Å².